The first-order chi connectivity index (χ1) is 13.2. The third-order valence-corrected chi connectivity index (χ3v) is 4.79. The standard InChI is InChI=1S/C17H19N7O3/c25-13-6-9(15(26)21-13)5-10-7-18-24-14(10)22-16(19-12-3-4-27-8-12)23-17(24)20-11-1-2-11/h5,7,11-12H,1-4,6,8H2,(H,21,25,26)(H2,19,20,22,23)/b9-5+/t12-/m0/s1. The van der Waals surface area contributed by atoms with Gasteiger partial charge in [0.05, 0.1) is 25.3 Å². The Morgan fingerprint density at radius 3 is 2.78 bits per heavy atom. The molecule has 10 heteroatoms. The predicted octanol–water partition coefficient (Wildman–Crippen LogP) is 0.329. The first-order valence-electron chi connectivity index (χ1n) is 9.07. The lowest BCUT2D eigenvalue weighted by Crippen LogP contribution is -2.22. The van der Waals surface area contributed by atoms with Gasteiger partial charge >= 0.3 is 0 Å². The van der Waals surface area contributed by atoms with Crippen molar-refractivity contribution in [2.24, 2.45) is 0 Å². The fraction of sp³-hybridized carbons (Fsp3) is 0.471. The maximum Gasteiger partial charge on any atom is 0.254 e. The molecular weight excluding hydrogens is 350 g/mol. The van der Waals surface area contributed by atoms with E-state index in [1.165, 1.54) is 0 Å². The van der Waals surface area contributed by atoms with Gasteiger partial charge in [0.2, 0.25) is 17.8 Å². The molecule has 3 fully saturated rings. The number of aromatic nitrogens is 4. The van der Waals surface area contributed by atoms with Crippen LogP contribution in [-0.4, -0.2) is 56.7 Å². The van der Waals surface area contributed by atoms with Crippen molar-refractivity contribution >= 4 is 35.4 Å². The van der Waals surface area contributed by atoms with Crippen molar-refractivity contribution in [1.29, 1.82) is 0 Å². The van der Waals surface area contributed by atoms with Crippen molar-refractivity contribution in [2.45, 2.75) is 37.8 Å². The molecule has 2 aromatic heterocycles. The average Bonchev–Trinajstić information content (AvgIpc) is 3.01. The molecule has 2 aliphatic heterocycles. The minimum atomic E-state index is -0.369. The van der Waals surface area contributed by atoms with E-state index in [0.717, 1.165) is 25.9 Å². The van der Waals surface area contributed by atoms with Crippen LogP contribution in [0.5, 0.6) is 0 Å². The highest BCUT2D eigenvalue weighted by atomic mass is 16.5. The summed E-state index contributed by atoms with van der Waals surface area (Å²) in [4.78, 5) is 32.5. The number of imide groups is 1. The summed E-state index contributed by atoms with van der Waals surface area (Å²) in [7, 11) is 0. The number of carbonyl (C=O) groups is 2. The van der Waals surface area contributed by atoms with E-state index in [1.54, 1.807) is 16.8 Å². The van der Waals surface area contributed by atoms with Crippen LogP contribution in [0.1, 0.15) is 31.2 Å². The first kappa shape index (κ1) is 16.2. The van der Waals surface area contributed by atoms with Crippen LogP contribution in [0.3, 0.4) is 0 Å². The van der Waals surface area contributed by atoms with Gasteiger partial charge in [-0.15, -0.1) is 0 Å². The zero-order valence-electron chi connectivity index (χ0n) is 14.6. The molecule has 5 rings (SSSR count). The van der Waals surface area contributed by atoms with E-state index < -0.39 is 0 Å². The molecule has 27 heavy (non-hydrogen) atoms. The summed E-state index contributed by atoms with van der Waals surface area (Å²) in [6.07, 6.45) is 6.47. The zero-order valence-corrected chi connectivity index (χ0v) is 14.6. The highest BCUT2D eigenvalue weighted by Gasteiger charge is 2.26. The van der Waals surface area contributed by atoms with E-state index >= 15 is 0 Å². The highest BCUT2D eigenvalue weighted by molar-refractivity contribution is 6.15. The van der Waals surface area contributed by atoms with Crippen LogP contribution in [0.25, 0.3) is 11.7 Å². The summed E-state index contributed by atoms with van der Waals surface area (Å²) in [6, 6.07) is 0.569. The number of hydrogen-bond donors (Lipinski definition) is 3. The molecule has 2 saturated heterocycles. The topological polar surface area (TPSA) is 123 Å². The second-order valence-electron chi connectivity index (χ2n) is 7.05. The molecule has 140 valence electrons. The smallest absolute Gasteiger partial charge is 0.254 e. The number of rotatable bonds is 5. The first-order valence-corrected chi connectivity index (χ1v) is 9.07. The van der Waals surface area contributed by atoms with Crippen LogP contribution in [0.4, 0.5) is 11.9 Å². The Labute approximate surface area is 154 Å². The minimum absolute atomic E-state index is 0.0684. The number of carbonyl (C=O) groups excluding carboxylic acids is 2. The van der Waals surface area contributed by atoms with Crippen molar-refractivity contribution in [3.8, 4) is 0 Å². The molecule has 2 aromatic rings. The lowest BCUT2D eigenvalue weighted by molar-refractivity contribution is -0.124. The van der Waals surface area contributed by atoms with Gasteiger partial charge in [-0.3, -0.25) is 14.9 Å². The number of nitrogens with zero attached hydrogens (tertiary/aromatic N) is 4. The third kappa shape index (κ3) is 3.23. The van der Waals surface area contributed by atoms with Gasteiger partial charge < -0.3 is 15.4 Å². The van der Waals surface area contributed by atoms with Crippen molar-refractivity contribution in [3.63, 3.8) is 0 Å². The van der Waals surface area contributed by atoms with Gasteiger partial charge in [0.25, 0.3) is 5.91 Å². The van der Waals surface area contributed by atoms with Crippen LogP contribution in [-0.2, 0) is 14.3 Å². The van der Waals surface area contributed by atoms with E-state index in [0.29, 0.717) is 41.3 Å². The molecule has 0 bridgehead atoms. The van der Waals surface area contributed by atoms with Gasteiger partial charge in [-0.1, -0.05) is 0 Å². The number of amides is 2. The van der Waals surface area contributed by atoms with Crippen LogP contribution < -0.4 is 16.0 Å². The number of nitrogens with one attached hydrogen (secondary N) is 3. The van der Waals surface area contributed by atoms with Gasteiger partial charge in [0, 0.05) is 23.8 Å². The molecule has 4 heterocycles. The molecule has 1 aliphatic carbocycles. The fourth-order valence-electron chi connectivity index (χ4n) is 3.20. The molecule has 2 amide bonds. The van der Waals surface area contributed by atoms with E-state index in [2.05, 4.69) is 31.0 Å². The molecule has 3 N–H and O–H groups in total. The molecule has 10 nitrogen and oxygen atoms in total. The molecule has 0 spiro atoms. The van der Waals surface area contributed by atoms with Crippen LogP contribution >= 0.6 is 0 Å². The van der Waals surface area contributed by atoms with Crippen molar-refractivity contribution in [1.82, 2.24) is 24.9 Å². The Morgan fingerprint density at radius 1 is 1.19 bits per heavy atom. The van der Waals surface area contributed by atoms with Gasteiger partial charge in [0.15, 0.2) is 5.65 Å². The summed E-state index contributed by atoms with van der Waals surface area (Å²) in [6.45, 7) is 1.35. The second kappa shape index (κ2) is 6.31. The molecule has 0 aromatic carbocycles. The Kier molecular flexibility index (Phi) is 3.78. The third-order valence-electron chi connectivity index (χ3n) is 4.79. The fourth-order valence-corrected chi connectivity index (χ4v) is 3.20. The van der Waals surface area contributed by atoms with E-state index in [4.69, 9.17) is 4.74 Å². The Balaban J connectivity index is 1.54. The maximum absolute atomic E-state index is 11.9. The largest absolute Gasteiger partial charge is 0.379 e. The molecule has 1 saturated carbocycles. The van der Waals surface area contributed by atoms with Crippen molar-refractivity contribution in [3.05, 3.63) is 17.3 Å². The van der Waals surface area contributed by atoms with Gasteiger partial charge in [-0.25, -0.2) is 0 Å². The maximum atomic E-state index is 11.9. The predicted molar refractivity (Wildman–Crippen MR) is 96.0 cm³/mol. The number of hydrogen-bond acceptors (Lipinski definition) is 8. The highest BCUT2D eigenvalue weighted by Crippen LogP contribution is 2.26. The van der Waals surface area contributed by atoms with Crippen molar-refractivity contribution in [2.75, 3.05) is 23.8 Å². The van der Waals surface area contributed by atoms with Crippen LogP contribution in [0, 0.1) is 0 Å². The Bertz CT molecular complexity index is 957. The van der Waals surface area contributed by atoms with Crippen molar-refractivity contribution < 1.29 is 14.3 Å². The van der Waals surface area contributed by atoms with E-state index in [-0.39, 0.29) is 24.3 Å². The summed E-state index contributed by atoms with van der Waals surface area (Å²) < 4.78 is 7.04. The minimum Gasteiger partial charge on any atom is -0.379 e. The average molecular weight is 369 g/mol. The SMILES string of the molecule is O=C1C/C(=C\c2cnn3c(NC4CC4)nc(N[C@H]4CCOC4)nc23)C(=O)N1. The van der Waals surface area contributed by atoms with E-state index in [9.17, 15) is 9.59 Å². The van der Waals surface area contributed by atoms with E-state index in [1.807, 2.05) is 0 Å². The molecule has 3 aliphatic rings. The normalized spacial score (nSPS) is 24.0. The molecular formula is C17H19N7O3. The van der Waals surface area contributed by atoms with Crippen LogP contribution in [0.15, 0.2) is 11.8 Å². The monoisotopic (exact) mass is 369 g/mol. The summed E-state index contributed by atoms with van der Waals surface area (Å²) in [5, 5.41) is 13.3. The lowest BCUT2D eigenvalue weighted by Gasteiger charge is -2.13. The Hall–Kier alpha value is -3.01. The molecule has 0 unspecified atom stereocenters. The van der Waals surface area contributed by atoms with Gasteiger partial charge in [-0.2, -0.15) is 19.6 Å². The number of anilines is 2. The quantitative estimate of drug-likeness (QED) is 0.509. The summed E-state index contributed by atoms with van der Waals surface area (Å²) >= 11 is 0. The Morgan fingerprint density at radius 2 is 2.07 bits per heavy atom. The summed E-state index contributed by atoms with van der Waals surface area (Å²) in [5.74, 6) is 0.442. The number of ether oxygens (including phenoxy) is 1. The second-order valence-corrected chi connectivity index (χ2v) is 7.05. The molecule has 1 atom stereocenters. The van der Waals surface area contributed by atoms with Crippen LogP contribution in [0.2, 0.25) is 0 Å². The summed E-state index contributed by atoms with van der Waals surface area (Å²) in [5.41, 5.74) is 1.65. The zero-order chi connectivity index (χ0) is 18.4. The number of fused-ring (bicyclic) bond motifs is 1. The van der Waals surface area contributed by atoms with Gasteiger partial charge in [-0.05, 0) is 25.3 Å². The lowest BCUT2D eigenvalue weighted by atomic mass is 10.1. The van der Waals surface area contributed by atoms with Gasteiger partial charge in [0.1, 0.15) is 0 Å². The molecule has 0 radical (unpaired) electrons.